The maximum atomic E-state index is 13.7. The number of methoxy groups -OCH3 is 1. The molecule has 3 atom stereocenters. The molecule has 3 unspecified atom stereocenters. The van der Waals surface area contributed by atoms with E-state index in [9.17, 15) is 9.18 Å². The molecule has 5 heteroatoms. The van der Waals surface area contributed by atoms with Crippen LogP contribution in [-0.4, -0.2) is 31.2 Å². The van der Waals surface area contributed by atoms with Crippen molar-refractivity contribution in [1.29, 1.82) is 0 Å². The summed E-state index contributed by atoms with van der Waals surface area (Å²) in [5.74, 6) is 0.126. The molecule has 4 nitrogen and oxygen atoms in total. The molecule has 1 fully saturated rings. The molecular formula is C20H31FN2O2. The van der Waals surface area contributed by atoms with Gasteiger partial charge in [0, 0.05) is 19.2 Å². The number of ether oxygens (including phenoxy) is 1. The molecule has 0 aromatic heterocycles. The highest BCUT2D eigenvalue weighted by atomic mass is 19.1. The Balaban J connectivity index is 1.86. The minimum Gasteiger partial charge on any atom is -0.370 e. The van der Waals surface area contributed by atoms with E-state index in [0.29, 0.717) is 17.9 Å². The van der Waals surface area contributed by atoms with Crippen molar-refractivity contribution in [3.05, 3.63) is 35.6 Å². The monoisotopic (exact) mass is 350 g/mol. The number of hydrogen-bond acceptors (Lipinski definition) is 3. The van der Waals surface area contributed by atoms with Gasteiger partial charge in [-0.25, -0.2) is 4.39 Å². The lowest BCUT2D eigenvalue weighted by atomic mass is 9.84. The summed E-state index contributed by atoms with van der Waals surface area (Å²) in [5, 5.41) is 2.91. The number of amides is 1. The number of carbonyl (C=O) groups is 1. The quantitative estimate of drug-likeness (QED) is 0.757. The van der Waals surface area contributed by atoms with Crippen LogP contribution in [-0.2, 0) is 16.0 Å². The molecule has 0 saturated heterocycles. The van der Waals surface area contributed by atoms with Gasteiger partial charge in [0.2, 0.25) is 0 Å². The predicted octanol–water partition coefficient (Wildman–Crippen LogP) is 3.19. The molecule has 1 amide bonds. The summed E-state index contributed by atoms with van der Waals surface area (Å²) in [6, 6.07) is 6.12. The first-order valence-corrected chi connectivity index (χ1v) is 9.33. The van der Waals surface area contributed by atoms with Gasteiger partial charge in [-0.2, -0.15) is 0 Å². The van der Waals surface area contributed by atoms with Gasteiger partial charge >= 0.3 is 0 Å². The largest absolute Gasteiger partial charge is 0.370 e. The minimum atomic E-state index is -0.662. The van der Waals surface area contributed by atoms with Crippen LogP contribution in [0.3, 0.4) is 0 Å². The molecule has 1 aromatic rings. The highest BCUT2D eigenvalue weighted by Gasteiger charge is 2.29. The van der Waals surface area contributed by atoms with Crippen LogP contribution in [0.25, 0.3) is 0 Å². The smallest absolute Gasteiger partial charge is 0.250 e. The third-order valence-corrected chi connectivity index (χ3v) is 5.10. The van der Waals surface area contributed by atoms with Crippen molar-refractivity contribution in [2.45, 2.75) is 70.1 Å². The lowest BCUT2D eigenvalue weighted by Gasteiger charge is -2.29. The number of halogens is 1. The van der Waals surface area contributed by atoms with Crippen LogP contribution in [0.4, 0.5) is 4.39 Å². The van der Waals surface area contributed by atoms with E-state index >= 15 is 0 Å². The second-order valence-electron chi connectivity index (χ2n) is 7.27. The van der Waals surface area contributed by atoms with E-state index < -0.39 is 6.10 Å². The average molecular weight is 350 g/mol. The standard InChI is InChI=1S/C20H31FN2O2/c1-14(12-16-10-6-7-11-17(16)21)23-20(24)19(25-2)18(22)13-15-8-4-3-5-9-15/h6-7,10-11,14-15,18-19H,3-5,8-9,12-13,22H2,1-2H3,(H,23,24). The Morgan fingerprint density at radius 1 is 1.32 bits per heavy atom. The summed E-state index contributed by atoms with van der Waals surface area (Å²) in [4.78, 5) is 12.5. The Morgan fingerprint density at radius 2 is 2.00 bits per heavy atom. The number of rotatable bonds is 8. The van der Waals surface area contributed by atoms with Gasteiger partial charge in [0.25, 0.3) is 5.91 Å². The van der Waals surface area contributed by atoms with Gasteiger partial charge < -0.3 is 15.8 Å². The van der Waals surface area contributed by atoms with E-state index in [1.807, 2.05) is 6.92 Å². The third kappa shape index (κ3) is 6.08. The Bertz CT molecular complexity index is 546. The Morgan fingerprint density at radius 3 is 2.64 bits per heavy atom. The van der Waals surface area contributed by atoms with Crippen molar-refractivity contribution >= 4 is 5.91 Å². The molecule has 0 radical (unpaired) electrons. The second kappa shape index (κ2) is 9.88. The number of benzene rings is 1. The van der Waals surface area contributed by atoms with Crippen LogP contribution in [0.1, 0.15) is 51.0 Å². The van der Waals surface area contributed by atoms with Gasteiger partial charge in [0.1, 0.15) is 5.82 Å². The highest BCUT2D eigenvalue weighted by Crippen LogP contribution is 2.27. The van der Waals surface area contributed by atoms with Crippen molar-refractivity contribution in [1.82, 2.24) is 5.32 Å². The summed E-state index contributed by atoms with van der Waals surface area (Å²) in [6.45, 7) is 1.86. The number of nitrogens with two attached hydrogens (primary N) is 1. The van der Waals surface area contributed by atoms with Gasteiger partial charge in [-0.15, -0.1) is 0 Å². The molecule has 0 bridgehead atoms. The van der Waals surface area contributed by atoms with Crippen LogP contribution in [0.2, 0.25) is 0 Å². The van der Waals surface area contributed by atoms with Gasteiger partial charge in [-0.1, -0.05) is 50.3 Å². The molecule has 1 aromatic carbocycles. The fourth-order valence-electron chi connectivity index (χ4n) is 3.78. The summed E-state index contributed by atoms with van der Waals surface area (Å²) in [5.41, 5.74) is 6.86. The average Bonchev–Trinajstić information content (AvgIpc) is 2.58. The molecular weight excluding hydrogens is 319 g/mol. The van der Waals surface area contributed by atoms with Gasteiger partial charge in [0.15, 0.2) is 6.10 Å². The van der Waals surface area contributed by atoms with Gasteiger partial charge in [-0.05, 0) is 37.3 Å². The SMILES string of the molecule is COC(C(=O)NC(C)Cc1ccccc1F)C(N)CC1CCCCC1. The van der Waals surface area contributed by atoms with Gasteiger partial charge in [-0.3, -0.25) is 4.79 Å². The van der Waals surface area contributed by atoms with Crippen LogP contribution in [0, 0.1) is 11.7 Å². The fourth-order valence-corrected chi connectivity index (χ4v) is 3.78. The van der Waals surface area contributed by atoms with E-state index in [1.165, 1.54) is 45.3 Å². The van der Waals surface area contributed by atoms with Crippen molar-refractivity contribution in [2.24, 2.45) is 11.7 Å². The summed E-state index contributed by atoms with van der Waals surface area (Å²) < 4.78 is 19.1. The van der Waals surface area contributed by atoms with Crippen LogP contribution < -0.4 is 11.1 Å². The molecule has 0 heterocycles. The number of nitrogens with one attached hydrogen (secondary N) is 1. The molecule has 3 N–H and O–H groups in total. The van der Waals surface area contributed by atoms with Crippen molar-refractivity contribution in [3.8, 4) is 0 Å². The zero-order valence-electron chi connectivity index (χ0n) is 15.3. The van der Waals surface area contributed by atoms with Gasteiger partial charge in [0.05, 0.1) is 0 Å². The molecule has 25 heavy (non-hydrogen) atoms. The van der Waals surface area contributed by atoms with Crippen LogP contribution >= 0.6 is 0 Å². The van der Waals surface area contributed by atoms with Crippen LogP contribution in [0.5, 0.6) is 0 Å². The van der Waals surface area contributed by atoms with Crippen molar-refractivity contribution in [2.75, 3.05) is 7.11 Å². The molecule has 2 rings (SSSR count). The Kier molecular flexibility index (Phi) is 7.85. The normalized spacial score (nSPS) is 19.2. The van der Waals surface area contributed by atoms with Crippen molar-refractivity contribution in [3.63, 3.8) is 0 Å². The molecule has 1 saturated carbocycles. The Hall–Kier alpha value is -1.46. The van der Waals surface area contributed by atoms with E-state index in [2.05, 4.69) is 5.32 Å². The number of carbonyl (C=O) groups excluding carboxylic acids is 1. The van der Waals surface area contributed by atoms with E-state index in [0.717, 1.165) is 6.42 Å². The second-order valence-corrected chi connectivity index (χ2v) is 7.27. The topological polar surface area (TPSA) is 64.3 Å². The third-order valence-electron chi connectivity index (χ3n) is 5.10. The first kappa shape index (κ1) is 19.9. The summed E-state index contributed by atoms with van der Waals surface area (Å²) in [7, 11) is 1.52. The molecule has 1 aliphatic carbocycles. The maximum absolute atomic E-state index is 13.7. The predicted molar refractivity (Wildman–Crippen MR) is 97.7 cm³/mol. The Labute approximate surface area is 150 Å². The lowest BCUT2D eigenvalue weighted by Crippen LogP contribution is -2.50. The lowest BCUT2D eigenvalue weighted by molar-refractivity contribution is -0.133. The summed E-state index contributed by atoms with van der Waals surface area (Å²) in [6.07, 6.45) is 6.77. The maximum Gasteiger partial charge on any atom is 0.250 e. The molecule has 0 aliphatic heterocycles. The first-order valence-electron chi connectivity index (χ1n) is 9.33. The van der Waals surface area contributed by atoms with Crippen molar-refractivity contribution < 1.29 is 13.9 Å². The first-order chi connectivity index (χ1) is 12.0. The van der Waals surface area contributed by atoms with Crippen LogP contribution in [0.15, 0.2) is 24.3 Å². The number of hydrogen-bond donors (Lipinski definition) is 2. The summed E-state index contributed by atoms with van der Waals surface area (Å²) >= 11 is 0. The molecule has 140 valence electrons. The zero-order chi connectivity index (χ0) is 18.2. The zero-order valence-corrected chi connectivity index (χ0v) is 15.3. The fraction of sp³-hybridized carbons (Fsp3) is 0.650. The van der Waals surface area contributed by atoms with E-state index in [-0.39, 0.29) is 23.8 Å². The molecule has 1 aliphatic rings. The minimum absolute atomic E-state index is 0.191. The van der Waals surface area contributed by atoms with E-state index in [4.69, 9.17) is 10.5 Å². The van der Waals surface area contributed by atoms with E-state index in [1.54, 1.807) is 18.2 Å². The molecule has 0 spiro atoms. The highest BCUT2D eigenvalue weighted by molar-refractivity contribution is 5.81.